The first kappa shape index (κ1) is 25.3. The molecule has 3 aromatic carbocycles. The van der Waals surface area contributed by atoms with Crippen LogP contribution in [0, 0.1) is 5.82 Å². The SMILES string of the molecule is O=C(c1ccc2ncc(-c3cccnc3)nc2c1)c1c(F)ccc(OCc2cccc(C(F)(F)F)c2)c1Cl. The van der Waals surface area contributed by atoms with Crippen LogP contribution in [0.5, 0.6) is 5.75 Å². The lowest BCUT2D eigenvalue weighted by Crippen LogP contribution is -2.08. The van der Waals surface area contributed by atoms with E-state index in [0.29, 0.717) is 16.7 Å². The van der Waals surface area contributed by atoms with Gasteiger partial charge in [0.2, 0.25) is 0 Å². The predicted octanol–water partition coefficient (Wildman–Crippen LogP) is 7.31. The van der Waals surface area contributed by atoms with Gasteiger partial charge in [-0.05, 0) is 60.2 Å². The average molecular weight is 538 g/mol. The van der Waals surface area contributed by atoms with Gasteiger partial charge in [0.25, 0.3) is 0 Å². The molecule has 2 heterocycles. The number of hydrogen-bond acceptors (Lipinski definition) is 5. The number of pyridine rings is 1. The second-order valence-corrected chi connectivity index (χ2v) is 8.63. The summed E-state index contributed by atoms with van der Waals surface area (Å²) < 4.78 is 59.3. The van der Waals surface area contributed by atoms with Gasteiger partial charge in [-0.2, -0.15) is 13.2 Å². The molecule has 2 aromatic heterocycles. The van der Waals surface area contributed by atoms with E-state index in [1.807, 2.05) is 6.07 Å². The van der Waals surface area contributed by atoms with E-state index in [1.54, 1.807) is 30.7 Å². The molecule has 0 amide bonds. The van der Waals surface area contributed by atoms with Gasteiger partial charge in [0, 0.05) is 23.5 Å². The van der Waals surface area contributed by atoms with E-state index in [1.165, 1.54) is 30.3 Å². The van der Waals surface area contributed by atoms with Gasteiger partial charge in [0.05, 0.1) is 39.1 Å². The highest BCUT2D eigenvalue weighted by atomic mass is 35.5. The van der Waals surface area contributed by atoms with Crippen molar-refractivity contribution in [1.82, 2.24) is 15.0 Å². The molecule has 38 heavy (non-hydrogen) atoms. The molecule has 0 aliphatic rings. The van der Waals surface area contributed by atoms with Crippen molar-refractivity contribution in [3.8, 4) is 17.0 Å². The normalized spacial score (nSPS) is 11.5. The first-order valence-corrected chi connectivity index (χ1v) is 11.6. The summed E-state index contributed by atoms with van der Waals surface area (Å²) in [5.41, 5.74) is 1.30. The lowest BCUT2D eigenvalue weighted by molar-refractivity contribution is -0.137. The zero-order valence-electron chi connectivity index (χ0n) is 19.3. The molecule has 0 saturated heterocycles. The summed E-state index contributed by atoms with van der Waals surface area (Å²) in [4.78, 5) is 26.3. The van der Waals surface area contributed by atoms with Crippen molar-refractivity contribution in [2.75, 3.05) is 0 Å². The zero-order valence-corrected chi connectivity index (χ0v) is 20.1. The highest BCUT2D eigenvalue weighted by Gasteiger charge is 2.30. The van der Waals surface area contributed by atoms with E-state index in [2.05, 4.69) is 15.0 Å². The van der Waals surface area contributed by atoms with Crippen LogP contribution in [0.3, 0.4) is 0 Å². The Hall–Kier alpha value is -4.37. The van der Waals surface area contributed by atoms with Crippen LogP contribution in [0.2, 0.25) is 5.02 Å². The van der Waals surface area contributed by atoms with Crippen molar-refractivity contribution in [3.63, 3.8) is 0 Å². The zero-order chi connectivity index (χ0) is 26.9. The number of aromatic nitrogens is 3. The Balaban J connectivity index is 1.44. The topological polar surface area (TPSA) is 65.0 Å². The monoisotopic (exact) mass is 537 g/mol. The van der Waals surface area contributed by atoms with Crippen molar-refractivity contribution in [3.05, 3.63) is 118 Å². The molecule has 0 N–H and O–H groups in total. The van der Waals surface area contributed by atoms with Crippen LogP contribution in [-0.2, 0) is 12.8 Å². The molecule has 0 aliphatic carbocycles. The number of ether oxygens (including phenoxy) is 1. The van der Waals surface area contributed by atoms with E-state index in [4.69, 9.17) is 16.3 Å². The van der Waals surface area contributed by atoms with Crippen molar-refractivity contribution in [2.24, 2.45) is 0 Å². The Labute approximate surface area is 218 Å². The summed E-state index contributed by atoms with van der Waals surface area (Å²) in [5.74, 6) is -1.64. The molecule has 5 rings (SSSR count). The minimum absolute atomic E-state index is 0.0479. The van der Waals surface area contributed by atoms with Crippen molar-refractivity contribution in [1.29, 1.82) is 0 Å². The van der Waals surface area contributed by atoms with Crippen LogP contribution in [-0.4, -0.2) is 20.7 Å². The maximum absolute atomic E-state index is 14.8. The minimum Gasteiger partial charge on any atom is -0.487 e. The van der Waals surface area contributed by atoms with Crippen LogP contribution in [0.4, 0.5) is 17.6 Å². The van der Waals surface area contributed by atoms with Gasteiger partial charge in [0.15, 0.2) is 5.78 Å². The molecular weight excluding hydrogens is 522 g/mol. The number of benzene rings is 3. The molecule has 5 nitrogen and oxygen atoms in total. The minimum atomic E-state index is -4.51. The maximum atomic E-state index is 14.8. The van der Waals surface area contributed by atoms with Crippen molar-refractivity contribution < 1.29 is 27.1 Å². The maximum Gasteiger partial charge on any atom is 0.416 e. The molecule has 0 spiro atoms. The van der Waals surface area contributed by atoms with Gasteiger partial charge in [-0.1, -0.05) is 23.7 Å². The smallest absolute Gasteiger partial charge is 0.416 e. The highest BCUT2D eigenvalue weighted by Crippen LogP contribution is 2.34. The number of halogens is 5. The van der Waals surface area contributed by atoms with E-state index in [0.717, 1.165) is 23.8 Å². The Kier molecular flexibility index (Phi) is 6.77. The summed E-state index contributed by atoms with van der Waals surface area (Å²) in [6, 6.07) is 15.0. The molecule has 5 aromatic rings. The van der Waals surface area contributed by atoms with E-state index in [-0.39, 0.29) is 28.5 Å². The molecule has 0 saturated carbocycles. The summed E-state index contributed by atoms with van der Waals surface area (Å²) in [6.07, 6.45) is 0.337. The lowest BCUT2D eigenvalue weighted by Gasteiger charge is -2.13. The molecule has 0 atom stereocenters. The first-order chi connectivity index (χ1) is 18.2. The number of rotatable bonds is 6. The second kappa shape index (κ2) is 10.2. The molecule has 0 unspecified atom stereocenters. The molecule has 0 bridgehead atoms. The van der Waals surface area contributed by atoms with Crippen molar-refractivity contribution >= 4 is 28.4 Å². The standard InChI is InChI=1S/C28H16ClF4N3O2/c29-26-24(38-15-16-3-1-5-19(11-16)28(31,32)33)9-7-20(30)25(26)27(37)17-6-8-21-22(12-17)36-23(14-35-21)18-4-2-10-34-13-18/h1-14H,15H2. The third-order valence-electron chi connectivity index (χ3n) is 5.69. The highest BCUT2D eigenvalue weighted by molar-refractivity contribution is 6.36. The largest absolute Gasteiger partial charge is 0.487 e. The number of ketones is 1. The Morgan fingerprint density at radius 2 is 1.79 bits per heavy atom. The first-order valence-electron chi connectivity index (χ1n) is 11.2. The molecule has 0 radical (unpaired) electrons. The Morgan fingerprint density at radius 3 is 2.55 bits per heavy atom. The van der Waals surface area contributed by atoms with Crippen LogP contribution in [0.15, 0.2) is 85.3 Å². The van der Waals surface area contributed by atoms with Gasteiger partial charge in [-0.3, -0.25) is 14.8 Å². The quantitative estimate of drug-likeness (QED) is 0.168. The van der Waals surface area contributed by atoms with Gasteiger partial charge in [-0.15, -0.1) is 0 Å². The third kappa shape index (κ3) is 5.19. The summed E-state index contributed by atoms with van der Waals surface area (Å²) in [7, 11) is 0. The van der Waals surface area contributed by atoms with Gasteiger partial charge < -0.3 is 4.74 Å². The molecule has 0 aliphatic heterocycles. The fraction of sp³-hybridized carbons (Fsp3) is 0.0714. The third-order valence-corrected chi connectivity index (χ3v) is 6.07. The van der Waals surface area contributed by atoms with Crippen LogP contribution in [0.25, 0.3) is 22.3 Å². The van der Waals surface area contributed by atoms with E-state index >= 15 is 0 Å². The summed E-state index contributed by atoms with van der Waals surface area (Å²) >= 11 is 6.35. The summed E-state index contributed by atoms with van der Waals surface area (Å²) in [6.45, 7) is -0.272. The molecule has 10 heteroatoms. The lowest BCUT2D eigenvalue weighted by atomic mass is 10.0. The van der Waals surface area contributed by atoms with E-state index in [9.17, 15) is 22.4 Å². The second-order valence-electron chi connectivity index (χ2n) is 8.25. The summed E-state index contributed by atoms with van der Waals surface area (Å²) in [5, 5.41) is -0.294. The Bertz CT molecular complexity index is 1660. The fourth-order valence-electron chi connectivity index (χ4n) is 3.80. The van der Waals surface area contributed by atoms with Crippen LogP contribution < -0.4 is 4.74 Å². The van der Waals surface area contributed by atoms with Crippen LogP contribution >= 0.6 is 11.6 Å². The average Bonchev–Trinajstić information content (AvgIpc) is 2.92. The Morgan fingerprint density at radius 1 is 0.947 bits per heavy atom. The number of carbonyl (C=O) groups is 1. The van der Waals surface area contributed by atoms with Gasteiger partial charge >= 0.3 is 6.18 Å². The number of nitrogens with zero attached hydrogens (tertiary/aromatic N) is 3. The van der Waals surface area contributed by atoms with Gasteiger partial charge in [-0.25, -0.2) is 9.37 Å². The molecular formula is C28H16ClF4N3O2. The van der Waals surface area contributed by atoms with Crippen LogP contribution in [0.1, 0.15) is 27.0 Å². The van der Waals surface area contributed by atoms with E-state index < -0.39 is 28.9 Å². The number of carbonyl (C=O) groups excluding carboxylic acids is 1. The molecule has 0 fully saturated rings. The fourth-order valence-corrected chi connectivity index (χ4v) is 4.10. The predicted molar refractivity (Wildman–Crippen MR) is 133 cm³/mol. The number of fused-ring (bicyclic) bond motifs is 1. The van der Waals surface area contributed by atoms with Gasteiger partial charge in [0.1, 0.15) is 18.2 Å². The number of hydrogen-bond donors (Lipinski definition) is 0. The molecule has 190 valence electrons. The number of alkyl halides is 3. The van der Waals surface area contributed by atoms with Crippen molar-refractivity contribution in [2.45, 2.75) is 12.8 Å².